The van der Waals surface area contributed by atoms with Gasteiger partial charge in [-0.25, -0.2) is 0 Å². The molecule has 0 saturated carbocycles. The zero-order valence-corrected chi connectivity index (χ0v) is 17.3. The lowest BCUT2D eigenvalue weighted by atomic mass is 10.0. The minimum absolute atomic E-state index is 0.799. The van der Waals surface area contributed by atoms with Gasteiger partial charge in [-0.15, -0.1) is 0 Å². The Hall–Kier alpha value is -1.02. The second-order valence-corrected chi connectivity index (χ2v) is 7.50. The fraction of sp³-hybridized carbons (Fsp3) is 0.750. The smallest absolute Gasteiger partial charge is 0.0639 e. The SMILES string of the molecule is CCCCCCCCCCCCCCCCOCCNc1ccccc1. The highest BCUT2D eigenvalue weighted by Gasteiger charge is 1.95. The van der Waals surface area contributed by atoms with Crippen LogP contribution in [-0.4, -0.2) is 19.8 Å². The van der Waals surface area contributed by atoms with Gasteiger partial charge in [0.05, 0.1) is 6.61 Å². The zero-order chi connectivity index (χ0) is 18.5. The maximum atomic E-state index is 5.70. The summed E-state index contributed by atoms with van der Waals surface area (Å²) in [5, 5.41) is 3.37. The quantitative estimate of drug-likeness (QED) is 0.256. The van der Waals surface area contributed by atoms with Crippen molar-refractivity contribution in [2.45, 2.75) is 96.8 Å². The van der Waals surface area contributed by atoms with E-state index in [1.54, 1.807) is 0 Å². The van der Waals surface area contributed by atoms with Crippen molar-refractivity contribution in [1.82, 2.24) is 0 Å². The van der Waals surface area contributed by atoms with Gasteiger partial charge in [0.15, 0.2) is 0 Å². The Balaban J connectivity index is 1.68. The van der Waals surface area contributed by atoms with Crippen molar-refractivity contribution in [1.29, 1.82) is 0 Å². The van der Waals surface area contributed by atoms with Crippen LogP contribution in [0.3, 0.4) is 0 Å². The Morgan fingerprint density at radius 1 is 0.615 bits per heavy atom. The van der Waals surface area contributed by atoms with Gasteiger partial charge in [-0.1, -0.05) is 109 Å². The lowest BCUT2D eigenvalue weighted by Gasteiger charge is -2.07. The Bertz CT molecular complexity index is 379. The third-order valence-corrected chi connectivity index (χ3v) is 4.99. The molecule has 2 nitrogen and oxygen atoms in total. The molecule has 0 saturated heterocycles. The number of anilines is 1. The highest BCUT2D eigenvalue weighted by Crippen LogP contribution is 2.13. The first kappa shape index (κ1) is 23.0. The van der Waals surface area contributed by atoms with Crippen molar-refractivity contribution in [3.63, 3.8) is 0 Å². The molecule has 0 aliphatic carbocycles. The molecule has 0 atom stereocenters. The van der Waals surface area contributed by atoms with Crippen molar-refractivity contribution in [3.8, 4) is 0 Å². The fourth-order valence-electron chi connectivity index (χ4n) is 3.32. The first-order valence-corrected chi connectivity index (χ1v) is 11.3. The monoisotopic (exact) mass is 361 g/mol. The normalized spacial score (nSPS) is 11.0. The number of nitrogens with one attached hydrogen (secondary N) is 1. The maximum absolute atomic E-state index is 5.70. The van der Waals surface area contributed by atoms with Gasteiger partial charge in [-0.05, 0) is 18.6 Å². The minimum atomic E-state index is 0.799. The van der Waals surface area contributed by atoms with Gasteiger partial charge in [0, 0.05) is 18.8 Å². The van der Waals surface area contributed by atoms with Gasteiger partial charge >= 0.3 is 0 Å². The van der Waals surface area contributed by atoms with Gasteiger partial charge in [0.2, 0.25) is 0 Å². The van der Waals surface area contributed by atoms with Crippen LogP contribution in [0.5, 0.6) is 0 Å². The van der Waals surface area contributed by atoms with Gasteiger partial charge in [0.25, 0.3) is 0 Å². The third kappa shape index (κ3) is 15.3. The summed E-state index contributed by atoms with van der Waals surface area (Å²) in [7, 11) is 0. The summed E-state index contributed by atoms with van der Waals surface area (Å²) in [5.74, 6) is 0. The summed E-state index contributed by atoms with van der Waals surface area (Å²) in [5.41, 5.74) is 1.17. The van der Waals surface area contributed by atoms with Gasteiger partial charge in [-0.3, -0.25) is 0 Å². The number of hydrogen-bond acceptors (Lipinski definition) is 2. The predicted molar refractivity (Wildman–Crippen MR) is 116 cm³/mol. The summed E-state index contributed by atoms with van der Waals surface area (Å²) in [4.78, 5) is 0. The molecule has 0 amide bonds. The molecule has 150 valence electrons. The van der Waals surface area contributed by atoms with Gasteiger partial charge in [-0.2, -0.15) is 0 Å². The Labute approximate surface area is 163 Å². The molecular weight excluding hydrogens is 318 g/mol. The number of benzene rings is 1. The summed E-state index contributed by atoms with van der Waals surface area (Å²) >= 11 is 0. The highest BCUT2D eigenvalue weighted by atomic mass is 16.5. The van der Waals surface area contributed by atoms with E-state index < -0.39 is 0 Å². The van der Waals surface area contributed by atoms with Gasteiger partial charge in [0.1, 0.15) is 0 Å². The number of para-hydroxylation sites is 1. The third-order valence-electron chi connectivity index (χ3n) is 4.99. The lowest BCUT2D eigenvalue weighted by molar-refractivity contribution is 0.139. The molecule has 1 N–H and O–H groups in total. The van der Waals surface area contributed by atoms with E-state index in [1.165, 1.54) is 95.6 Å². The van der Waals surface area contributed by atoms with Crippen LogP contribution in [0.2, 0.25) is 0 Å². The van der Waals surface area contributed by atoms with E-state index in [0.29, 0.717) is 0 Å². The first-order chi connectivity index (χ1) is 12.9. The van der Waals surface area contributed by atoms with E-state index in [2.05, 4.69) is 36.5 Å². The van der Waals surface area contributed by atoms with Crippen LogP contribution in [-0.2, 0) is 4.74 Å². The van der Waals surface area contributed by atoms with E-state index >= 15 is 0 Å². The van der Waals surface area contributed by atoms with E-state index in [4.69, 9.17) is 4.74 Å². The molecule has 1 aromatic carbocycles. The first-order valence-electron chi connectivity index (χ1n) is 11.3. The molecule has 0 unspecified atom stereocenters. The van der Waals surface area contributed by atoms with E-state index in [0.717, 1.165) is 19.8 Å². The molecule has 0 heterocycles. The molecule has 26 heavy (non-hydrogen) atoms. The molecule has 0 radical (unpaired) electrons. The fourth-order valence-corrected chi connectivity index (χ4v) is 3.32. The number of hydrogen-bond donors (Lipinski definition) is 1. The predicted octanol–water partition coefficient (Wildman–Crippen LogP) is 7.60. The Morgan fingerprint density at radius 2 is 1.12 bits per heavy atom. The number of unbranched alkanes of at least 4 members (excludes halogenated alkanes) is 13. The Kier molecular flexibility index (Phi) is 16.6. The second-order valence-electron chi connectivity index (χ2n) is 7.50. The summed E-state index contributed by atoms with van der Waals surface area (Å²) in [6.45, 7) is 4.89. The molecule has 0 fully saturated rings. The van der Waals surface area contributed by atoms with E-state index in [1.807, 2.05) is 6.07 Å². The van der Waals surface area contributed by atoms with Crippen LogP contribution in [0.25, 0.3) is 0 Å². The van der Waals surface area contributed by atoms with Crippen molar-refractivity contribution in [2.75, 3.05) is 25.1 Å². The Morgan fingerprint density at radius 3 is 1.65 bits per heavy atom. The molecule has 0 spiro atoms. The summed E-state index contributed by atoms with van der Waals surface area (Å²) < 4.78 is 5.70. The molecule has 0 aliphatic heterocycles. The molecule has 1 aromatic rings. The van der Waals surface area contributed by atoms with Crippen molar-refractivity contribution in [3.05, 3.63) is 30.3 Å². The molecule has 0 aliphatic rings. The summed E-state index contributed by atoms with van der Waals surface area (Å²) in [6, 6.07) is 10.3. The second kappa shape index (κ2) is 18.8. The average molecular weight is 362 g/mol. The largest absolute Gasteiger partial charge is 0.383 e. The van der Waals surface area contributed by atoms with Crippen molar-refractivity contribution in [2.24, 2.45) is 0 Å². The number of ether oxygens (including phenoxy) is 1. The van der Waals surface area contributed by atoms with E-state index in [-0.39, 0.29) is 0 Å². The van der Waals surface area contributed by atoms with Crippen LogP contribution < -0.4 is 5.32 Å². The maximum Gasteiger partial charge on any atom is 0.0639 e. The average Bonchev–Trinajstić information content (AvgIpc) is 2.68. The van der Waals surface area contributed by atoms with E-state index in [9.17, 15) is 0 Å². The highest BCUT2D eigenvalue weighted by molar-refractivity contribution is 5.42. The summed E-state index contributed by atoms with van der Waals surface area (Å²) in [6.07, 6.45) is 19.7. The topological polar surface area (TPSA) is 21.3 Å². The van der Waals surface area contributed by atoms with Crippen molar-refractivity contribution >= 4 is 5.69 Å². The standard InChI is InChI=1S/C24H43NO/c1-2-3-4-5-6-7-8-9-10-11-12-13-14-18-22-26-23-21-25-24-19-16-15-17-20-24/h15-17,19-20,25H,2-14,18,21-23H2,1H3. The molecule has 2 heteroatoms. The molecular formula is C24H43NO. The molecule has 0 aromatic heterocycles. The van der Waals surface area contributed by atoms with Crippen molar-refractivity contribution < 1.29 is 4.74 Å². The molecule has 1 rings (SSSR count). The lowest BCUT2D eigenvalue weighted by Crippen LogP contribution is -2.09. The van der Waals surface area contributed by atoms with Crippen LogP contribution in [0.1, 0.15) is 96.8 Å². The molecule has 0 bridgehead atoms. The zero-order valence-electron chi connectivity index (χ0n) is 17.3. The number of rotatable bonds is 19. The van der Waals surface area contributed by atoms with Gasteiger partial charge < -0.3 is 10.1 Å². The minimum Gasteiger partial charge on any atom is -0.383 e. The van der Waals surface area contributed by atoms with Crippen LogP contribution in [0, 0.1) is 0 Å². The van der Waals surface area contributed by atoms with Crippen LogP contribution >= 0.6 is 0 Å². The van der Waals surface area contributed by atoms with Crippen LogP contribution in [0.15, 0.2) is 30.3 Å². The van der Waals surface area contributed by atoms with Crippen LogP contribution in [0.4, 0.5) is 5.69 Å².